The number of hydrogen-bond donors (Lipinski definition) is 0. The Morgan fingerprint density at radius 1 is 0.362 bits per heavy atom. The number of imidazole rings is 2. The van der Waals surface area contributed by atoms with Crippen LogP contribution in [0.4, 0.5) is 0 Å². The zero-order valence-electron chi connectivity index (χ0n) is 29.5. The number of rotatable bonds is 0. The second-order valence-electron chi connectivity index (χ2n) is 15.4. The topological polar surface area (TPSA) is 68.7 Å². The number of pyridine rings is 2. The first kappa shape index (κ1) is 31.8. The number of fused-ring (bicyclic) bond motifs is 13. The summed E-state index contributed by atoms with van der Waals surface area (Å²) in [5, 5.41) is 15.0. The van der Waals surface area contributed by atoms with E-state index in [0.29, 0.717) is 118 Å². The number of aromatic nitrogens is 4. The van der Waals surface area contributed by atoms with Crippen molar-refractivity contribution in [2.24, 2.45) is 0 Å². The summed E-state index contributed by atoms with van der Waals surface area (Å²) in [5.41, 5.74) is 3.23. The Labute approximate surface area is 343 Å². The third kappa shape index (κ3) is 3.65. The lowest BCUT2D eigenvalue weighted by Gasteiger charge is -2.21. The molecular formula is C48H18Cl4N4O2. The summed E-state index contributed by atoms with van der Waals surface area (Å²) in [4.78, 5) is 39.6. The van der Waals surface area contributed by atoms with Gasteiger partial charge in [-0.25, -0.2) is 9.97 Å². The van der Waals surface area contributed by atoms with E-state index < -0.39 is 0 Å². The minimum atomic E-state index is -0.253. The minimum Gasteiger partial charge on any atom is -0.268 e. The summed E-state index contributed by atoms with van der Waals surface area (Å²) in [5.74, 6) is 0. The van der Waals surface area contributed by atoms with Gasteiger partial charge in [0.2, 0.25) is 0 Å². The van der Waals surface area contributed by atoms with E-state index >= 15 is 0 Å². The van der Waals surface area contributed by atoms with Crippen LogP contribution < -0.4 is 11.1 Å². The number of halogens is 4. The van der Waals surface area contributed by atoms with Gasteiger partial charge in [0.15, 0.2) is 0 Å². The van der Waals surface area contributed by atoms with Crippen molar-refractivity contribution in [2.75, 3.05) is 0 Å². The normalized spacial score (nSPS) is 13.0. The third-order valence-electron chi connectivity index (χ3n) is 12.5. The van der Waals surface area contributed by atoms with Crippen molar-refractivity contribution >= 4 is 177 Å². The zero-order valence-corrected chi connectivity index (χ0v) is 32.5. The maximum Gasteiger partial charge on any atom is 0.264 e. The van der Waals surface area contributed by atoms with Crippen LogP contribution in [0.1, 0.15) is 0 Å². The molecule has 0 radical (unpaired) electrons. The van der Waals surface area contributed by atoms with Gasteiger partial charge >= 0.3 is 0 Å². The van der Waals surface area contributed by atoms with E-state index in [9.17, 15) is 9.59 Å². The smallest absolute Gasteiger partial charge is 0.264 e. The van der Waals surface area contributed by atoms with Crippen molar-refractivity contribution < 1.29 is 0 Å². The quantitative estimate of drug-likeness (QED) is 0.113. The molecule has 0 amide bonds. The zero-order chi connectivity index (χ0) is 38.6. The van der Waals surface area contributed by atoms with E-state index in [0.717, 1.165) is 32.3 Å². The molecule has 0 fully saturated rings. The van der Waals surface area contributed by atoms with Gasteiger partial charge in [0.1, 0.15) is 11.3 Å². The third-order valence-corrected chi connectivity index (χ3v) is 13.7. The molecule has 58 heavy (non-hydrogen) atoms. The molecule has 4 heterocycles. The Morgan fingerprint density at radius 3 is 1.16 bits per heavy atom. The summed E-state index contributed by atoms with van der Waals surface area (Å²) >= 11 is 29.5. The number of benzene rings is 10. The van der Waals surface area contributed by atoms with Crippen LogP contribution in [0.25, 0.3) is 130 Å². The average Bonchev–Trinajstić information content (AvgIpc) is 3.79. The minimum absolute atomic E-state index is 0.250. The molecule has 14 aromatic rings. The van der Waals surface area contributed by atoms with Crippen LogP contribution in [0.3, 0.4) is 0 Å². The summed E-state index contributed by atoms with van der Waals surface area (Å²) < 4.78 is 3.32. The molecule has 0 aliphatic rings. The Balaban J connectivity index is 1.18. The highest BCUT2D eigenvalue weighted by Gasteiger charge is 2.29. The second kappa shape index (κ2) is 10.4. The molecule has 270 valence electrons. The number of hydrogen-bond acceptors (Lipinski definition) is 4. The second-order valence-corrected chi connectivity index (χ2v) is 17.0. The molecule has 0 N–H and O–H groups in total. The van der Waals surface area contributed by atoms with Gasteiger partial charge in [0.05, 0.1) is 32.8 Å². The fourth-order valence-electron chi connectivity index (χ4n) is 10.1. The van der Waals surface area contributed by atoms with Crippen LogP contribution >= 0.6 is 46.4 Å². The molecule has 10 heteroatoms. The molecule has 0 bridgehead atoms. The SMILES string of the molecule is O=c1c2cc(Cl)c3c4c(Cl)cc5c(=O)n6c7cc8cc9ccccc9cc8cc7nc6c6cc(Cl)c(c7c(Cl)cc(c2c37)c2nc3cc7ccccc7cc3n12)c4c56. The summed E-state index contributed by atoms with van der Waals surface area (Å²) in [6.45, 7) is 0. The fourth-order valence-corrected chi connectivity index (χ4v) is 11.3. The monoisotopic (exact) mass is 822 g/mol. The highest BCUT2D eigenvalue weighted by Crippen LogP contribution is 2.53. The molecule has 0 atom stereocenters. The van der Waals surface area contributed by atoms with Crippen molar-refractivity contribution in [3.8, 4) is 0 Å². The molecule has 0 aliphatic heterocycles. The van der Waals surface area contributed by atoms with Crippen molar-refractivity contribution in [1.82, 2.24) is 18.8 Å². The molecule has 0 aliphatic carbocycles. The van der Waals surface area contributed by atoms with E-state index in [1.165, 1.54) is 0 Å². The molecule has 10 aromatic carbocycles. The van der Waals surface area contributed by atoms with E-state index in [-0.39, 0.29) is 11.1 Å². The molecule has 0 unspecified atom stereocenters. The molecule has 0 spiro atoms. The van der Waals surface area contributed by atoms with Gasteiger partial charge in [-0.3, -0.25) is 18.4 Å². The first-order valence-corrected chi connectivity index (χ1v) is 20.1. The van der Waals surface area contributed by atoms with Gasteiger partial charge in [0, 0.05) is 74.0 Å². The molecule has 0 saturated carbocycles. The van der Waals surface area contributed by atoms with Gasteiger partial charge < -0.3 is 0 Å². The first-order chi connectivity index (χ1) is 28.2. The van der Waals surface area contributed by atoms with E-state index in [1.54, 1.807) is 20.9 Å². The highest BCUT2D eigenvalue weighted by molar-refractivity contribution is 6.56. The van der Waals surface area contributed by atoms with E-state index in [4.69, 9.17) is 56.4 Å². The standard InChI is InChI=1S/C48H18Cl4N4O2/c49-29-15-25-37-27(47(57)55-35-13-22-8-4-3-7-21(22)11-33(35)53-45(25)55)17-31(51)41-42-32(52)18-28-38-26(16-30(50)40(44(38)42)39(29)43(37)41)46-54-34-12-23-9-19-5-1-2-6-20(19)10-24(23)14-36(34)56(46)48(28)58/h1-18H. The molecule has 6 nitrogen and oxygen atoms in total. The Kier molecular flexibility index (Phi) is 5.70. The summed E-state index contributed by atoms with van der Waals surface area (Å²) in [7, 11) is 0. The largest absolute Gasteiger partial charge is 0.268 e. The summed E-state index contributed by atoms with van der Waals surface area (Å²) in [6.07, 6.45) is 0. The lowest BCUT2D eigenvalue weighted by molar-refractivity contribution is 1.19. The average molecular weight is 825 g/mol. The van der Waals surface area contributed by atoms with Gasteiger partial charge in [-0.15, -0.1) is 0 Å². The predicted molar refractivity (Wildman–Crippen MR) is 243 cm³/mol. The van der Waals surface area contributed by atoms with Crippen LogP contribution in [0.5, 0.6) is 0 Å². The van der Waals surface area contributed by atoms with Crippen LogP contribution in [0.2, 0.25) is 20.1 Å². The van der Waals surface area contributed by atoms with Gasteiger partial charge in [0.25, 0.3) is 11.1 Å². The van der Waals surface area contributed by atoms with Crippen molar-refractivity contribution in [2.45, 2.75) is 0 Å². The predicted octanol–water partition coefficient (Wildman–Crippen LogP) is 13.3. The Hall–Kier alpha value is -6.28. The van der Waals surface area contributed by atoms with Crippen LogP contribution in [0.15, 0.2) is 119 Å². The number of nitrogens with zero attached hydrogens (tertiary/aromatic N) is 4. The molecule has 14 rings (SSSR count). The maximum absolute atomic E-state index is 14.8. The lowest BCUT2D eigenvalue weighted by atomic mass is 9.86. The van der Waals surface area contributed by atoms with Crippen molar-refractivity contribution in [1.29, 1.82) is 0 Å². The van der Waals surface area contributed by atoms with Gasteiger partial charge in [-0.2, -0.15) is 0 Å². The van der Waals surface area contributed by atoms with Gasteiger partial charge in [-0.1, -0.05) is 94.9 Å². The lowest BCUT2D eigenvalue weighted by Crippen LogP contribution is -2.14. The van der Waals surface area contributed by atoms with E-state index in [1.807, 2.05) is 72.8 Å². The highest BCUT2D eigenvalue weighted by atomic mass is 35.5. The van der Waals surface area contributed by atoms with Gasteiger partial charge in [-0.05, 0) is 93.0 Å². The fraction of sp³-hybridized carbons (Fsp3) is 0. The van der Waals surface area contributed by atoms with Crippen LogP contribution in [-0.2, 0) is 0 Å². The Bertz CT molecular complexity index is 4400. The van der Waals surface area contributed by atoms with Crippen molar-refractivity contribution in [3.05, 3.63) is 150 Å². The van der Waals surface area contributed by atoms with Crippen molar-refractivity contribution in [3.63, 3.8) is 0 Å². The van der Waals surface area contributed by atoms with Crippen LogP contribution in [-0.4, -0.2) is 18.8 Å². The maximum atomic E-state index is 14.8. The molecule has 0 saturated heterocycles. The first-order valence-electron chi connectivity index (χ1n) is 18.6. The Morgan fingerprint density at radius 2 is 0.707 bits per heavy atom. The summed E-state index contributed by atoms with van der Waals surface area (Å²) in [6, 6.07) is 35.7. The van der Waals surface area contributed by atoms with E-state index in [2.05, 4.69) is 24.3 Å². The van der Waals surface area contributed by atoms with Crippen LogP contribution in [0, 0.1) is 0 Å². The molecular weight excluding hydrogens is 806 g/mol. The molecule has 4 aromatic heterocycles.